The number of allylic oxidation sites excluding steroid dienone is 1. The lowest BCUT2D eigenvalue weighted by Gasteiger charge is -2.14. The number of hydrogen-bond acceptors (Lipinski definition) is 7. The number of carbonyl (C=O) groups excluding carboxylic acids is 2. The number of pyridine rings is 1. The molecule has 0 saturated carbocycles. The van der Waals surface area contributed by atoms with Crippen molar-refractivity contribution in [2.24, 2.45) is 0 Å². The third-order valence-corrected chi connectivity index (χ3v) is 8.05. The topological polar surface area (TPSA) is 130 Å². The zero-order valence-corrected chi connectivity index (χ0v) is 23.7. The number of nitrogen functional groups attached to an aromatic ring is 1. The van der Waals surface area contributed by atoms with Gasteiger partial charge in [0.15, 0.2) is 5.78 Å². The fraction of sp³-hybridized carbons (Fsp3) is 0.393. The lowest BCUT2D eigenvalue weighted by Crippen LogP contribution is -2.33. The van der Waals surface area contributed by atoms with Crippen LogP contribution < -0.4 is 11.1 Å². The molecule has 9 nitrogen and oxygen atoms in total. The summed E-state index contributed by atoms with van der Waals surface area (Å²) in [5.41, 5.74) is 11.3. The summed E-state index contributed by atoms with van der Waals surface area (Å²) in [7, 11) is 0. The Bertz CT molecular complexity index is 1490. The molecule has 3 aromatic rings. The maximum Gasteiger partial charge on any atom is 0.253 e. The van der Waals surface area contributed by atoms with Gasteiger partial charge in [0.05, 0.1) is 27.9 Å². The van der Waals surface area contributed by atoms with Crippen molar-refractivity contribution in [1.82, 2.24) is 30.2 Å². The number of amides is 1. The number of H-pyrrole nitrogens is 1. The molecule has 0 radical (unpaired) electrons. The van der Waals surface area contributed by atoms with E-state index in [-0.39, 0.29) is 29.2 Å². The highest BCUT2D eigenvalue weighted by Crippen LogP contribution is 2.43. The maximum atomic E-state index is 13.8. The highest BCUT2D eigenvalue weighted by molar-refractivity contribution is 6.38. The van der Waals surface area contributed by atoms with Crippen LogP contribution in [0, 0.1) is 20.8 Å². The minimum Gasteiger partial charge on any atom is -0.368 e. The van der Waals surface area contributed by atoms with Crippen LogP contribution in [0.25, 0.3) is 11.6 Å². The molecule has 11 heteroatoms. The summed E-state index contributed by atoms with van der Waals surface area (Å²) in [6.07, 6.45) is 6.09. The number of likely N-dealkylation sites (tertiary alicyclic amines) is 1. The fourth-order valence-electron chi connectivity index (χ4n) is 5.47. The molecule has 39 heavy (non-hydrogen) atoms. The molecule has 1 amide bonds. The summed E-state index contributed by atoms with van der Waals surface area (Å²) in [5, 5.41) is 3.61. The molecule has 1 saturated heterocycles. The van der Waals surface area contributed by atoms with Crippen molar-refractivity contribution in [3.05, 3.63) is 67.5 Å². The first-order valence-corrected chi connectivity index (χ1v) is 13.8. The summed E-state index contributed by atoms with van der Waals surface area (Å²) in [4.78, 5) is 45.4. The van der Waals surface area contributed by atoms with Gasteiger partial charge in [-0.25, -0.2) is 9.97 Å². The second-order valence-electron chi connectivity index (χ2n) is 10.2. The predicted molar refractivity (Wildman–Crippen MR) is 153 cm³/mol. The molecule has 3 aromatic heterocycles. The molecule has 1 atom stereocenters. The van der Waals surface area contributed by atoms with E-state index >= 15 is 0 Å². The molecule has 0 spiro atoms. The van der Waals surface area contributed by atoms with Crippen molar-refractivity contribution in [3.63, 3.8) is 0 Å². The highest BCUT2D eigenvalue weighted by atomic mass is 35.5. The van der Waals surface area contributed by atoms with E-state index in [1.165, 1.54) is 12.8 Å². The number of carbonyl (C=O) groups is 2. The normalized spacial score (nSPS) is 18.2. The van der Waals surface area contributed by atoms with Gasteiger partial charge in [0.2, 0.25) is 5.95 Å². The van der Waals surface area contributed by atoms with Crippen LogP contribution in [0.4, 0.5) is 5.95 Å². The minimum atomic E-state index is -0.675. The molecule has 4 N–H and O–H groups in total. The van der Waals surface area contributed by atoms with Crippen molar-refractivity contribution in [3.8, 4) is 0 Å². The van der Waals surface area contributed by atoms with Gasteiger partial charge in [-0.1, -0.05) is 23.2 Å². The Kier molecular flexibility index (Phi) is 7.75. The monoisotopic (exact) mass is 567 g/mol. The molecule has 1 aliphatic heterocycles. The van der Waals surface area contributed by atoms with Crippen LogP contribution in [-0.4, -0.2) is 62.7 Å². The fourth-order valence-corrected chi connectivity index (χ4v) is 6.05. The van der Waals surface area contributed by atoms with Crippen LogP contribution >= 0.6 is 23.2 Å². The summed E-state index contributed by atoms with van der Waals surface area (Å²) < 4.78 is 0. The largest absolute Gasteiger partial charge is 0.368 e. The average Bonchev–Trinajstić information content (AvgIpc) is 3.55. The number of halogens is 2. The van der Waals surface area contributed by atoms with Gasteiger partial charge in [-0.3, -0.25) is 14.6 Å². The Morgan fingerprint density at radius 1 is 1.23 bits per heavy atom. The molecule has 2 aliphatic rings. The predicted octanol–water partition coefficient (Wildman–Crippen LogP) is 4.29. The molecule has 0 aromatic carbocycles. The summed E-state index contributed by atoms with van der Waals surface area (Å²) >= 11 is 13.0. The van der Waals surface area contributed by atoms with Crippen molar-refractivity contribution in [2.45, 2.75) is 46.0 Å². The maximum absolute atomic E-state index is 13.8. The molecule has 0 bridgehead atoms. The Hall–Kier alpha value is -3.27. The number of aromatic amines is 1. The molecule has 1 unspecified atom stereocenters. The van der Waals surface area contributed by atoms with E-state index < -0.39 is 5.92 Å². The van der Waals surface area contributed by atoms with Gasteiger partial charge in [0.25, 0.3) is 5.91 Å². The number of fused-ring (bicyclic) bond motifs is 1. The van der Waals surface area contributed by atoms with E-state index in [1.807, 2.05) is 26.8 Å². The zero-order valence-electron chi connectivity index (χ0n) is 22.2. The Morgan fingerprint density at radius 2 is 1.97 bits per heavy atom. The van der Waals surface area contributed by atoms with E-state index in [0.29, 0.717) is 45.3 Å². The van der Waals surface area contributed by atoms with E-state index in [4.69, 9.17) is 28.9 Å². The van der Waals surface area contributed by atoms with E-state index in [0.717, 1.165) is 36.5 Å². The van der Waals surface area contributed by atoms with Gasteiger partial charge in [-0.2, -0.15) is 0 Å². The number of nitrogens with two attached hydrogens (primary N) is 1. The first-order valence-electron chi connectivity index (χ1n) is 13.0. The summed E-state index contributed by atoms with van der Waals surface area (Å²) in [6.45, 7) is 9.18. The van der Waals surface area contributed by atoms with Crippen LogP contribution in [0.5, 0.6) is 0 Å². The van der Waals surface area contributed by atoms with Gasteiger partial charge < -0.3 is 20.9 Å². The number of ketones is 1. The second kappa shape index (κ2) is 11.1. The second-order valence-corrected chi connectivity index (χ2v) is 11.0. The molecule has 204 valence electrons. The quantitative estimate of drug-likeness (QED) is 0.286. The Labute approximate surface area is 237 Å². The van der Waals surface area contributed by atoms with E-state index in [9.17, 15) is 9.59 Å². The molecular formula is C28H31Cl2N7O2. The van der Waals surface area contributed by atoms with Crippen LogP contribution in [0.2, 0.25) is 10.2 Å². The van der Waals surface area contributed by atoms with Crippen LogP contribution in [-0.2, 0) is 11.2 Å². The number of nitrogens with one attached hydrogen (secondary N) is 2. The molecular weight excluding hydrogens is 537 g/mol. The zero-order chi connectivity index (χ0) is 27.8. The third-order valence-electron chi connectivity index (χ3n) is 7.45. The number of rotatable bonds is 7. The number of Topliss-reactive ketones (excluding diaryl/α,β-unsaturated/α-hetero) is 1. The lowest BCUT2D eigenvalue weighted by atomic mass is 9.97. The standard InChI is InChI=1S/C28H31Cl2N7O2/c1-14-10-19(29)21(33-13-14)12-18-24-23(26(30)36-28(31)35-24)17(25(18)38)11-20-15(2)22(16(3)34-20)27(39)32-6-9-37-7-4-5-8-37/h10-11,13,18,34H,4-9,12H2,1-3H3,(H,32,39)(H2,31,35,36)/b17-11-. The van der Waals surface area contributed by atoms with Gasteiger partial charge in [-0.15, -0.1) is 0 Å². The SMILES string of the molecule is Cc1cnc(CC2C(=O)/C(=C\c3[nH]c(C)c(C(=O)NCCN4CCCC4)c3C)c3c(Cl)nc(N)nc32)c(Cl)c1. The highest BCUT2D eigenvalue weighted by Gasteiger charge is 2.40. The van der Waals surface area contributed by atoms with Gasteiger partial charge in [-0.05, 0) is 70.0 Å². The average molecular weight is 569 g/mol. The smallest absolute Gasteiger partial charge is 0.253 e. The van der Waals surface area contributed by atoms with Crippen molar-refractivity contribution in [2.75, 3.05) is 31.9 Å². The number of anilines is 1. The lowest BCUT2D eigenvalue weighted by molar-refractivity contribution is -0.114. The number of nitrogens with zero attached hydrogens (tertiary/aromatic N) is 4. The molecule has 4 heterocycles. The summed E-state index contributed by atoms with van der Waals surface area (Å²) in [6, 6.07) is 1.81. The first-order chi connectivity index (χ1) is 18.6. The van der Waals surface area contributed by atoms with Gasteiger partial charge in [0.1, 0.15) is 5.15 Å². The van der Waals surface area contributed by atoms with Gasteiger partial charge in [0, 0.05) is 48.2 Å². The Morgan fingerprint density at radius 3 is 2.69 bits per heavy atom. The van der Waals surface area contributed by atoms with Gasteiger partial charge >= 0.3 is 0 Å². The minimum absolute atomic E-state index is 0.0134. The number of hydrogen-bond donors (Lipinski definition) is 3. The first kappa shape index (κ1) is 27.3. The van der Waals surface area contributed by atoms with Crippen molar-refractivity contribution < 1.29 is 9.59 Å². The van der Waals surface area contributed by atoms with Crippen molar-refractivity contribution in [1.29, 1.82) is 0 Å². The van der Waals surface area contributed by atoms with Crippen molar-refractivity contribution >= 4 is 52.5 Å². The molecule has 1 fully saturated rings. The van der Waals surface area contributed by atoms with Crippen LogP contribution in [0.1, 0.15) is 68.6 Å². The third kappa shape index (κ3) is 5.44. The summed E-state index contributed by atoms with van der Waals surface area (Å²) in [5.74, 6) is -1.02. The molecule has 5 rings (SSSR count). The number of aromatic nitrogens is 4. The van der Waals surface area contributed by atoms with E-state index in [2.05, 4.69) is 30.2 Å². The van der Waals surface area contributed by atoms with Crippen LogP contribution in [0.15, 0.2) is 12.3 Å². The van der Waals surface area contributed by atoms with Crippen LogP contribution in [0.3, 0.4) is 0 Å². The molecule has 1 aliphatic carbocycles. The van der Waals surface area contributed by atoms with E-state index in [1.54, 1.807) is 12.3 Å². The Balaban J connectivity index is 1.46. The number of aryl methyl sites for hydroxylation is 2.